The van der Waals surface area contributed by atoms with Gasteiger partial charge in [-0.25, -0.2) is 0 Å². The van der Waals surface area contributed by atoms with E-state index in [1.807, 2.05) is 31.2 Å². The highest BCUT2D eigenvalue weighted by Crippen LogP contribution is 2.26. The molecule has 1 N–H and O–H groups in total. The molecule has 0 unspecified atom stereocenters. The molecule has 0 aliphatic heterocycles. The van der Waals surface area contributed by atoms with Crippen LogP contribution in [0.25, 0.3) is 22.3 Å². The molecule has 0 aliphatic rings. The number of anilines is 1. The molecule has 0 fully saturated rings. The Morgan fingerprint density at radius 2 is 1.94 bits per heavy atom. The summed E-state index contributed by atoms with van der Waals surface area (Å²) in [6.07, 6.45) is 0.565. The number of nitrogens with zero attached hydrogens (tertiary/aromatic N) is 1. The second kappa shape index (κ2) is 9.06. The van der Waals surface area contributed by atoms with Crippen LogP contribution in [-0.2, 0) is 11.2 Å². The van der Waals surface area contributed by atoms with Gasteiger partial charge in [0.2, 0.25) is 5.91 Å². The van der Waals surface area contributed by atoms with E-state index < -0.39 is 0 Å². The number of hydrogen-bond donors (Lipinski definition) is 1. The number of hydrogen-bond acceptors (Lipinski definition) is 6. The van der Waals surface area contributed by atoms with Crippen LogP contribution in [0.5, 0.6) is 5.75 Å². The van der Waals surface area contributed by atoms with Crippen LogP contribution in [0.4, 0.5) is 5.69 Å². The van der Waals surface area contributed by atoms with Gasteiger partial charge in [-0.1, -0.05) is 16.8 Å². The van der Waals surface area contributed by atoms with E-state index in [9.17, 15) is 9.59 Å². The summed E-state index contributed by atoms with van der Waals surface area (Å²) in [4.78, 5) is 24.8. The smallest absolute Gasteiger partial charge is 0.224 e. The zero-order valence-electron chi connectivity index (χ0n) is 16.7. The van der Waals surface area contributed by atoms with E-state index in [0.717, 1.165) is 11.3 Å². The van der Waals surface area contributed by atoms with Crippen LogP contribution >= 0.6 is 11.6 Å². The lowest BCUT2D eigenvalue weighted by molar-refractivity contribution is -0.116. The molecule has 158 valence electrons. The Labute approximate surface area is 182 Å². The SMILES string of the molecule is CCOc1ccc(-c2cc(=O)c3ccc(NC(=O)CCc4cc(Cl)no4)cc3o2)cc1. The molecule has 0 saturated heterocycles. The molecule has 1 amide bonds. The standard InChI is InChI=1S/C23H19ClN2O5/c1-2-29-16-6-3-14(4-7-16)20-13-19(27)18-9-5-15(11-21(18)30-20)25-23(28)10-8-17-12-22(24)26-31-17/h3-7,9,11-13H,2,8,10H2,1H3,(H,25,28). The van der Waals surface area contributed by atoms with Crippen molar-refractivity contribution in [2.45, 2.75) is 19.8 Å². The van der Waals surface area contributed by atoms with E-state index in [2.05, 4.69) is 10.5 Å². The zero-order chi connectivity index (χ0) is 21.8. The number of halogens is 1. The second-order valence-corrected chi connectivity index (χ2v) is 7.19. The molecule has 4 aromatic rings. The third-order valence-electron chi connectivity index (χ3n) is 4.59. The number of aryl methyl sites for hydroxylation is 1. The van der Waals surface area contributed by atoms with Crippen molar-refractivity contribution < 1.29 is 18.5 Å². The minimum absolute atomic E-state index is 0.162. The maximum atomic E-state index is 12.5. The van der Waals surface area contributed by atoms with Gasteiger partial charge in [0.25, 0.3) is 0 Å². The highest BCUT2D eigenvalue weighted by Gasteiger charge is 2.11. The molecule has 0 radical (unpaired) electrons. The van der Waals surface area contributed by atoms with Crippen LogP contribution < -0.4 is 15.5 Å². The fourth-order valence-corrected chi connectivity index (χ4v) is 3.28. The van der Waals surface area contributed by atoms with E-state index in [4.69, 9.17) is 25.3 Å². The van der Waals surface area contributed by atoms with Gasteiger partial charge in [-0.3, -0.25) is 9.59 Å². The molecule has 7 nitrogen and oxygen atoms in total. The van der Waals surface area contributed by atoms with Gasteiger partial charge < -0.3 is 19.0 Å². The number of fused-ring (bicyclic) bond motifs is 1. The van der Waals surface area contributed by atoms with Crippen molar-refractivity contribution in [3.05, 3.63) is 75.7 Å². The Kier molecular flexibility index (Phi) is 6.04. The van der Waals surface area contributed by atoms with Gasteiger partial charge in [0.05, 0.1) is 12.0 Å². The summed E-state index contributed by atoms with van der Waals surface area (Å²) in [5.74, 6) is 1.50. The van der Waals surface area contributed by atoms with Gasteiger partial charge in [0, 0.05) is 42.3 Å². The van der Waals surface area contributed by atoms with Gasteiger partial charge in [-0.15, -0.1) is 0 Å². The van der Waals surface area contributed by atoms with Crippen molar-refractivity contribution in [3.8, 4) is 17.1 Å². The Bertz CT molecular complexity index is 1280. The first-order valence-electron chi connectivity index (χ1n) is 9.74. The third kappa shape index (κ3) is 4.95. The molecule has 31 heavy (non-hydrogen) atoms. The average molecular weight is 439 g/mol. The molecule has 0 aliphatic carbocycles. The van der Waals surface area contributed by atoms with Crippen LogP contribution in [0, 0.1) is 0 Å². The third-order valence-corrected chi connectivity index (χ3v) is 4.77. The summed E-state index contributed by atoms with van der Waals surface area (Å²) >= 11 is 5.70. The fourth-order valence-electron chi connectivity index (χ4n) is 3.12. The van der Waals surface area contributed by atoms with Crippen LogP contribution in [0.1, 0.15) is 19.1 Å². The summed E-state index contributed by atoms with van der Waals surface area (Å²) in [6.45, 7) is 2.49. The van der Waals surface area contributed by atoms with Crippen molar-refractivity contribution in [1.29, 1.82) is 0 Å². The first-order chi connectivity index (χ1) is 15.0. The van der Waals surface area contributed by atoms with Crippen molar-refractivity contribution in [2.24, 2.45) is 0 Å². The van der Waals surface area contributed by atoms with E-state index in [1.165, 1.54) is 6.07 Å². The topological polar surface area (TPSA) is 94.6 Å². The average Bonchev–Trinajstić information content (AvgIpc) is 3.18. The van der Waals surface area contributed by atoms with Crippen LogP contribution in [0.3, 0.4) is 0 Å². The largest absolute Gasteiger partial charge is 0.494 e. The molecular formula is C23H19ClN2O5. The molecule has 8 heteroatoms. The van der Waals surface area contributed by atoms with Crippen molar-refractivity contribution in [2.75, 3.05) is 11.9 Å². The Hall–Kier alpha value is -3.58. The number of carbonyl (C=O) groups excluding carboxylic acids is 1. The normalized spacial score (nSPS) is 10.9. The lowest BCUT2D eigenvalue weighted by atomic mass is 10.1. The van der Waals surface area contributed by atoms with Gasteiger partial charge in [0.15, 0.2) is 10.6 Å². The Balaban J connectivity index is 1.53. The van der Waals surface area contributed by atoms with Crippen molar-refractivity contribution in [1.82, 2.24) is 5.16 Å². The second-order valence-electron chi connectivity index (χ2n) is 6.81. The van der Waals surface area contributed by atoms with Crippen LogP contribution in [-0.4, -0.2) is 17.7 Å². The Morgan fingerprint density at radius 3 is 2.65 bits per heavy atom. The fraction of sp³-hybridized carbons (Fsp3) is 0.174. The molecular weight excluding hydrogens is 420 g/mol. The lowest BCUT2D eigenvalue weighted by Crippen LogP contribution is -2.12. The van der Waals surface area contributed by atoms with E-state index in [-0.39, 0.29) is 22.9 Å². The predicted octanol–water partition coefficient (Wildman–Crippen LogP) is 5.07. The van der Waals surface area contributed by atoms with Gasteiger partial charge in [0.1, 0.15) is 22.9 Å². The molecule has 0 atom stereocenters. The summed E-state index contributed by atoms with van der Waals surface area (Å²) < 4.78 is 16.4. The molecule has 2 aromatic carbocycles. The lowest BCUT2D eigenvalue weighted by Gasteiger charge is -2.08. The Morgan fingerprint density at radius 1 is 1.13 bits per heavy atom. The van der Waals surface area contributed by atoms with Gasteiger partial charge in [-0.05, 0) is 43.3 Å². The zero-order valence-corrected chi connectivity index (χ0v) is 17.4. The van der Waals surface area contributed by atoms with Crippen LogP contribution in [0.2, 0.25) is 5.15 Å². The number of rotatable bonds is 7. The van der Waals surface area contributed by atoms with Crippen molar-refractivity contribution in [3.63, 3.8) is 0 Å². The number of nitrogens with one attached hydrogen (secondary N) is 1. The van der Waals surface area contributed by atoms with Crippen molar-refractivity contribution >= 4 is 34.2 Å². The first-order valence-corrected chi connectivity index (χ1v) is 10.1. The highest BCUT2D eigenvalue weighted by molar-refractivity contribution is 6.29. The summed E-state index contributed by atoms with van der Waals surface area (Å²) in [5.41, 5.74) is 1.50. The number of ether oxygens (including phenoxy) is 1. The first kappa shape index (κ1) is 20.7. The number of amides is 1. The summed E-state index contributed by atoms with van der Waals surface area (Å²) in [7, 11) is 0. The molecule has 0 bridgehead atoms. The summed E-state index contributed by atoms with van der Waals surface area (Å²) in [6, 6.07) is 15.3. The maximum Gasteiger partial charge on any atom is 0.224 e. The van der Waals surface area contributed by atoms with E-state index in [0.29, 0.717) is 41.2 Å². The summed E-state index contributed by atoms with van der Waals surface area (Å²) in [5, 5.41) is 7.06. The molecule has 4 rings (SSSR count). The molecule has 0 saturated carbocycles. The van der Waals surface area contributed by atoms with E-state index >= 15 is 0 Å². The number of benzene rings is 2. The maximum absolute atomic E-state index is 12.5. The monoisotopic (exact) mass is 438 g/mol. The minimum Gasteiger partial charge on any atom is -0.494 e. The van der Waals surface area contributed by atoms with E-state index in [1.54, 1.807) is 24.3 Å². The quantitative estimate of drug-likeness (QED) is 0.432. The van der Waals surface area contributed by atoms with Crippen LogP contribution in [0.15, 0.2) is 68.3 Å². The molecule has 2 aromatic heterocycles. The molecule has 2 heterocycles. The minimum atomic E-state index is -0.211. The van der Waals surface area contributed by atoms with Gasteiger partial charge in [-0.2, -0.15) is 0 Å². The number of carbonyl (C=O) groups is 1. The molecule has 0 spiro atoms. The predicted molar refractivity (Wildman–Crippen MR) is 118 cm³/mol. The number of aromatic nitrogens is 1. The highest BCUT2D eigenvalue weighted by atomic mass is 35.5. The van der Waals surface area contributed by atoms with Gasteiger partial charge >= 0.3 is 0 Å².